The fourth-order valence-corrected chi connectivity index (χ4v) is 4.02. The molecular weight excluding hydrogens is 370 g/mol. The summed E-state index contributed by atoms with van der Waals surface area (Å²) >= 11 is 1.62. The van der Waals surface area contributed by atoms with E-state index in [9.17, 15) is 10.2 Å². The van der Waals surface area contributed by atoms with Crippen LogP contribution in [0.5, 0.6) is 0 Å². The predicted octanol–water partition coefficient (Wildman–Crippen LogP) is -0.206. The molecule has 4 rings (SSSR count). The maximum absolute atomic E-state index is 10.4. The molecule has 10 nitrogen and oxygen atoms in total. The van der Waals surface area contributed by atoms with E-state index in [4.69, 9.17) is 10.5 Å². The number of rotatable bonds is 6. The third-order valence-corrected chi connectivity index (χ3v) is 5.46. The van der Waals surface area contributed by atoms with Gasteiger partial charge in [-0.2, -0.15) is 11.8 Å². The number of ether oxygens (including phenoxy) is 1. The fourth-order valence-electron chi connectivity index (χ4n) is 2.99. The van der Waals surface area contributed by atoms with Crippen LogP contribution in [0.2, 0.25) is 0 Å². The number of thioether (sulfide) groups is 1. The zero-order valence-corrected chi connectivity index (χ0v) is 15.1. The summed E-state index contributed by atoms with van der Waals surface area (Å²) in [5, 5.41) is 20.8. The van der Waals surface area contributed by atoms with Gasteiger partial charge in [-0.15, -0.1) is 0 Å². The van der Waals surface area contributed by atoms with E-state index < -0.39 is 24.5 Å². The van der Waals surface area contributed by atoms with Gasteiger partial charge in [0.15, 0.2) is 17.7 Å². The molecule has 3 aromatic rings. The van der Waals surface area contributed by atoms with Crippen LogP contribution >= 0.6 is 11.8 Å². The summed E-state index contributed by atoms with van der Waals surface area (Å²) in [6.07, 6.45) is 5.23. The highest BCUT2D eigenvalue weighted by atomic mass is 32.2. The molecule has 1 saturated heterocycles. The van der Waals surface area contributed by atoms with Gasteiger partial charge in [0.1, 0.15) is 24.1 Å². The highest BCUT2D eigenvalue weighted by Gasteiger charge is 2.44. The van der Waals surface area contributed by atoms with Crippen LogP contribution in [0.1, 0.15) is 11.9 Å². The average Bonchev–Trinajstić information content (AvgIpc) is 3.23. The van der Waals surface area contributed by atoms with Crippen LogP contribution in [0.15, 0.2) is 31.2 Å². The van der Waals surface area contributed by atoms with Gasteiger partial charge in [0, 0.05) is 30.8 Å². The topological polar surface area (TPSA) is 145 Å². The van der Waals surface area contributed by atoms with Crippen molar-refractivity contribution in [2.45, 2.75) is 31.0 Å². The lowest BCUT2D eigenvalue weighted by molar-refractivity contribution is -0.0289. The molecule has 0 amide bonds. The second kappa shape index (κ2) is 7.72. The van der Waals surface area contributed by atoms with Gasteiger partial charge >= 0.3 is 0 Å². The zero-order valence-electron chi connectivity index (χ0n) is 14.3. The number of nitrogen functional groups attached to an aromatic ring is 1. The Balaban J connectivity index is 1.39. The van der Waals surface area contributed by atoms with E-state index in [-0.39, 0.29) is 5.82 Å². The van der Waals surface area contributed by atoms with Crippen LogP contribution in [-0.2, 0) is 11.2 Å². The molecule has 0 unspecified atom stereocenters. The number of imidazole rings is 1. The lowest BCUT2D eigenvalue weighted by Crippen LogP contribution is -2.32. The monoisotopic (exact) mass is 389 g/mol. The van der Waals surface area contributed by atoms with Gasteiger partial charge in [0.2, 0.25) is 0 Å². The van der Waals surface area contributed by atoms with E-state index >= 15 is 0 Å². The number of anilines is 1. The van der Waals surface area contributed by atoms with Crippen molar-refractivity contribution in [3.05, 3.63) is 36.9 Å². The zero-order chi connectivity index (χ0) is 18.8. The summed E-state index contributed by atoms with van der Waals surface area (Å²) in [4.78, 5) is 20.5. The molecule has 0 aromatic carbocycles. The maximum atomic E-state index is 10.4. The fraction of sp³-hybridized carbons (Fsp3) is 0.438. The second-order valence-electron chi connectivity index (χ2n) is 6.15. The van der Waals surface area contributed by atoms with Crippen LogP contribution < -0.4 is 5.73 Å². The van der Waals surface area contributed by atoms with Gasteiger partial charge in [-0.05, 0) is 5.75 Å². The van der Waals surface area contributed by atoms with Crippen molar-refractivity contribution in [2.24, 2.45) is 0 Å². The van der Waals surface area contributed by atoms with Gasteiger partial charge in [-0.25, -0.2) is 15.0 Å². The van der Waals surface area contributed by atoms with E-state index in [2.05, 4.69) is 24.9 Å². The number of aromatic nitrogens is 6. The Hall–Kier alpha value is -2.34. The van der Waals surface area contributed by atoms with Crippen molar-refractivity contribution in [3.63, 3.8) is 0 Å². The third kappa shape index (κ3) is 3.58. The van der Waals surface area contributed by atoms with E-state index in [1.54, 1.807) is 34.9 Å². The summed E-state index contributed by atoms with van der Waals surface area (Å²) in [5.74, 6) is 1.60. The Kier molecular flexibility index (Phi) is 5.16. The number of aliphatic hydroxyl groups excluding tert-OH is 2. The van der Waals surface area contributed by atoms with Gasteiger partial charge in [0.25, 0.3) is 0 Å². The molecule has 27 heavy (non-hydrogen) atoms. The minimum Gasteiger partial charge on any atom is -0.387 e. The SMILES string of the molecule is Nc1ncnc2c1ncn2[C@@H]1O[C@H](CSCCc2cnccn2)[C@@H](O)[C@H]1O. The first-order valence-corrected chi connectivity index (χ1v) is 9.58. The molecule has 0 radical (unpaired) electrons. The number of fused-ring (bicyclic) bond motifs is 1. The maximum Gasteiger partial charge on any atom is 0.167 e. The van der Waals surface area contributed by atoms with Crippen LogP contribution in [0.3, 0.4) is 0 Å². The van der Waals surface area contributed by atoms with Crippen molar-refractivity contribution in [1.29, 1.82) is 0 Å². The van der Waals surface area contributed by atoms with Crippen LogP contribution in [-0.4, -0.2) is 69.5 Å². The highest BCUT2D eigenvalue weighted by molar-refractivity contribution is 7.99. The van der Waals surface area contributed by atoms with Crippen molar-refractivity contribution in [2.75, 3.05) is 17.2 Å². The molecule has 0 aliphatic carbocycles. The molecule has 1 aliphatic rings. The molecule has 0 spiro atoms. The summed E-state index contributed by atoms with van der Waals surface area (Å²) < 4.78 is 7.48. The number of aryl methyl sites for hydroxylation is 1. The molecule has 4 heterocycles. The number of hydrogen-bond acceptors (Lipinski definition) is 10. The van der Waals surface area contributed by atoms with Crippen LogP contribution in [0.4, 0.5) is 5.82 Å². The highest BCUT2D eigenvalue weighted by Crippen LogP contribution is 2.33. The van der Waals surface area contributed by atoms with Crippen molar-refractivity contribution in [3.8, 4) is 0 Å². The van der Waals surface area contributed by atoms with E-state index in [0.717, 1.165) is 17.9 Å². The smallest absolute Gasteiger partial charge is 0.167 e. The van der Waals surface area contributed by atoms with E-state index in [1.807, 2.05) is 0 Å². The minimum atomic E-state index is -1.09. The first kappa shape index (κ1) is 18.0. The summed E-state index contributed by atoms with van der Waals surface area (Å²) in [7, 11) is 0. The summed E-state index contributed by atoms with van der Waals surface area (Å²) in [5.41, 5.74) is 7.60. The largest absolute Gasteiger partial charge is 0.387 e. The minimum absolute atomic E-state index is 0.253. The molecule has 1 fully saturated rings. The van der Waals surface area contributed by atoms with Crippen LogP contribution in [0.25, 0.3) is 11.2 Å². The first-order valence-electron chi connectivity index (χ1n) is 8.42. The van der Waals surface area contributed by atoms with Gasteiger partial charge in [-0.1, -0.05) is 0 Å². The molecule has 0 bridgehead atoms. The second-order valence-corrected chi connectivity index (χ2v) is 7.30. The Morgan fingerprint density at radius 2 is 2.04 bits per heavy atom. The van der Waals surface area contributed by atoms with Gasteiger partial charge in [-0.3, -0.25) is 14.5 Å². The van der Waals surface area contributed by atoms with E-state index in [1.165, 1.54) is 12.7 Å². The molecule has 0 saturated carbocycles. The number of nitrogens with two attached hydrogens (primary N) is 1. The molecular formula is C16H19N7O3S. The van der Waals surface area contributed by atoms with Crippen molar-refractivity contribution < 1.29 is 14.9 Å². The first-order chi connectivity index (χ1) is 13.1. The Bertz CT molecular complexity index is 909. The quantitative estimate of drug-likeness (QED) is 0.484. The predicted molar refractivity (Wildman–Crippen MR) is 98.7 cm³/mol. The Morgan fingerprint density at radius 1 is 1.15 bits per heavy atom. The summed E-state index contributed by atoms with van der Waals surface area (Å²) in [6, 6.07) is 0. The molecule has 11 heteroatoms. The van der Waals surface area contributed by atoms with Crippen molar-refractivity contribution in [1.82, 2.24) is 29.5 Å². The number of aliphatic hydroxyl groups is 2. The molecule has 3 aromatic heterocycles. The standard InChI is InChI=1S/C16H19N7O3S/c17-14-11-15(21-7-20-14)23(8-22-11)16-13(25)12(24)10(26-16)6-27-4-1-9-5-18-2-3-19-9/h2-3,5,7-8,10,12-13,16,24-25H,1,4,6H2,(H2,17,20,21)/t10-,12-,13-,16-/m1/s1. The van der Waals surface area contributed by atoms with E-state index in [0.29, 0.717) is 16.9 Å². The third-order valence-electron chi connectivity index (χ3n) is 4.40. The Labute approximate surface area is 158 Å². The van der Waals surface area contributed by atoms with Crippen molar-refractivity contribution >= 4 is 28.7 Å². The summed E-state index contributed by atoms with van der Waals surface area (Å²) in [6.45, 7) is 0. The Morgan fingerprint density at radius 3 is 2.85 bits per heavy atom. The molecule has 4 N–H and O–H groups in total. The molecule has 142 valence electrons. The normalized spacial score (nSPS) is 25.3. The lowest BCUT2D eigenvalue weighted by Gasteiger charge is -2.16. The average molecular weight is 389 g/mol. The lowest BCUT2D eigenvalue weighted by atomic mass is 10.1. The van der Waals surface area contributed by atoms with Gasteiger partial charge < -0.3 is 20.7 Å². The van der Waals surface area contributed by atoms with Crippen LogP contribution in [0, 0.1) is 0 Å². The molecule has 4 atom stereocenters. The molecule has 1 aliphatic heterocycles. The number of nitrogens with zero attached hydrogens (tertiary/aromatic N) is 6. The van der Waals surface area contributed by atoms with Gasteiger partial charge in [0.05, 0.1) is 18.1 Å². The number of hydrogen-bond donors (Lipinski definition) is 3.